The van der Waals surface area contributed by atoms with Crippen molar-refractivity contribution in [3.05, 3.63) is 64.7 Å². The predicted octanol–water partition coefficient (Wildman–Crippen LogP) is 0.539. The number of phenolic OH excluding ortho intramolecular Hbond substituents is 6. The number of ketones is 1. The Hall–Kier alpha value is -4.76. The van der Waals surface area contributed by atoms with Crippen LogP contribution in [0.15, 0.2) is 42.5 Å². The summed E-state index contributed by atoms with van der Waals surface area (Å²) in [6, 6.07) is 7.32. The Morgan fingerprint density at radius 2 is 1.44 bits per heavy atom. The van der Waals surface area contributed by atoms with Gasteiger partial charge < -0.3 is 60.2 Å². The molecule has 14 nitrogen and oxygen atoms in total. The molecule has 218 valence electrons. The molecule has 14 heteroatoms. The van der Waals surface area contributed by atoms with Gasteiger partial charge in [0.15, 0.2) is 23.4 Å². The monoisotopic (exact) mass is 574 g/mol. The first-order valence-electron chi connectivity index (χ1n) is 11.9. The molecule has 0 radical (unpaired) electrons. The molecule has 9 N–H and O–H groups in total. The number of aliphatic hydroxyl groups excluding tert-OH is 3. The van der Waals surface area contributed by atoms with Gasteiger partial charge in [-0.15, -0.1) is 0 Å². The number of aromatic hydroxyl groups is 6. The van der Waals surface area contributed by atoms with E-state index in [9.17, 15) is 55.5 Å². The van der Waals surface area contributed by atoms with E-state index >= 15 is 0 Å². The van der Waals surface area contributed by atoms with Crippen molar-refractivity contribution >= 4 is 11.8 Å². The van der Waals surface area contributed by atoms with Gasteiger partial charge >= 0.3 is 5.97 Å². The number of ether oxygens (including phenoxy) is 3. The van der Waals surface area contributed by atoms with Crippen LogP contribution in [0.1, 0.15) is 37.9 Å². The van der Waals surface area contributed by atoms with E-state index in [1.807, 2.05) is 0 Å². The molecular formula is C27H26O14. The second-order valence-corrected chi connectivity index (χ2v) is 9.10. The largest absolute Gasteiger partial charge is 0.508 e. The normalized spacial score (nSPS) is 22.2. The molecule has 3 aromatic carbocycles. The molecule has 41 heavy (non-hydrogen) atoms. The minimum atomic E-state index is -1.97. The molecule has 0 amide bonds. The first-order valence-corrected chi connectivity index (χ1v) is 11.9. The molecular weight excluding hydrogens is 548 g/mol. The van der Waals surface area contributed by atoms with Gasteiger partial charge in [-0.1, -0.05) is 0 Å². The van der Waals surface area contributed by atoms with Crippen molar-refractivity contribution in [3.63, 3.8) is 0 Å². The summed E-state index contributed by atoms with van der Waals surface area (Å²) in [4.78, 5) is 26.2. The maximum absolute atomic E-state index is 13.2. The second kappa shape index (κ2) is 11.4. The molecule has 0 aliphatic carbocycles. The molecule has 0 saturated carbocycles. The molecule has 1 heterocycles. The van der Waals surface area contributed by atoms with E-state index in [-0.39, 0.29) is 17.1 Å². The Bertz CT molecular complexity index is 1440. The van der Waals surface area contributed by atoms with Gasteiger partial charge in [0.1, 0.15) is 53.0 Å². The number of esters is 1. The molecule has 0 spiro atoms. The smallest absolute Gasteiger partial charge is 0.338 e. The van der Waals surface area contributed by atoms with Gasteiger partial charge in [0.05, 0.1) is 24.8 Å². The molecule has 1 fully saturated rings. The minimum absolute atomic E-state index is 0.0484. The van der Waals surface area contributed by atoms with E-state index in [1.165, 1.54) is 24.3 Å². The van der Waals surface area contributed by atoms with Crippen LogP contribution < -0.4 is 4.74 Å². The highest BCUT2D eigenvalue weighted by molar-refractivity contribution is 6.13. The van der Waals surface area contributed by atoms with E-state index in [0.29, 0.717) is 0 Å². The van der Waals surface area contributed by atoms with Gasteiger partial charge in [0, 0.05) is 11.6 Å². The highest BCUT2D eigenvalue weighted by Gasteiger charge is 2.49. The number of carbonyl (C=O) groups excluding carboxylic acids is 2. The maximum Gasteiger partial charge on any atom is 0.338 e. The standard InChI is InChI=1S/C27H26O14/c1-39-16-8-13(30)18(20(33)10-2-4-12(29)5-3-10)23(36)19(16)25-26(24(37)22(35)17(9-28)40-25)41-27(38)11-6-14(31)21(34)15(32)7-11/h2-8,17,22,24-26,28-32,34-37H,9H2,1H3/t17-,22-,24-,25+,26-/m1/s1. The lowest BCUT2D eigenvalue weighted by atomic mass is 9.88. The Kier molecular flexibility index (Phi) is 8.12. The summed E-state index contributed by atoms with van der Waals surface area (Å²) in [5.41, 5.74) is -1.60. The van der Waals surface area contributed by atoms with Crippen molar-refractivity contribution in [1.29, 1.82) is 0 Å². The zero-order chi connectivity index (χ0) is 30.2. The Morgan fingerprint density at radius 3 is 2.00 bits per heavy atom. The second-order valence-electron chi connectivity index (χ2n) is 9.10. The van der Waals surface area contributed by atoms with Crippen molar-refractivity contribution in [2.75, 3.05) is 13.7 Å². The Morgan fingerprint density at radius 1 is 0.829 bits per heavy atom. The number of aliphatic hydroxyl groups is 3. The van der Waals surface area contributed by atoms with E-state index in [0.717, 1.165) is 25.3 Å². The summed E-state index contributed by atoms with van der Waals surface area (Å²) < 4.78 is 16.3. The summed E-state index contributed by atoms with van der Waals surface area (Å²) in [6.45, 7) is -0.838. The molecule has 1 saturated heterocycles. The van der Waals surface area contributed by atoms with E-state index in [1.54, 1.807) is 0 Å². The van der Waals surface area contributed by atoms with Gasteiger partial charge in [-0.3, -0.25) is 4.79 Å². The molecule has 0 aromatic heterocycles. The van der Waals surface area contributed by atoms with Crippen LogP contribution in [-0.4, -0.2) is 95.8 Å². The average molecular weight is 574 g/mol. The number of hydrogen-bond donors (Lipinski definition) is 9. The maximum atomic E-state index is 13.2. The van der Waals surface area contributed by atoms with Gasteiger partial charge in [-0.25, -0.2) is 4.79 Å². The first kappa shape index (κ1) is 29.2. The molecule has 3 aromatic rings. The number of benzene rings is 3. The van der Waals surface area contributed by atoms with E-state index in [2.05, 4.69) is 0 Å². The Labute approximate surface area is 231 Å². The zero-order valence-electron chi connectivity index (χ0n) is 21.2. The summed E-state index contributed by atoms with van der Waals surface area (Å²) in [5.74, 6) is -6.92. The van der Waals surface area contributed by atoms with Crippen LogP contribution in [0.2, 0.25) is 0 Å². The predicted molar refractivity (Wildman–Crippen MR) is 135 cm³/mol. The summed E-state index contributed by atoms with van der Waals surface area (Å²) in [7, 11) is 1.14. The third kappa shape index (κ3) is 5.36. The van der Waals surface area contributed by atoms with Crippen LogP contribution >= 0.6 is 0 Å². The quantitative estimate of drug-likeness (QED) is 0.106. The summed E-state index contributed by atoms with van der Waals surface area (Å²) in [5, 5.41) is 91.6. The van der Waals surface area contributed by atoms with Crippen LogP contribution in [-0.2, 0) is 9.47 Å². The molecule has 1 aliphatic heterocycles. The fourth-order valence-corrected chi connectivity index (χ4v) is 4.44. The highest BCUT2D eigenvalue weighted by Crippen LogP contribution is 2.48. The third-order valence-corrected chi connectivity index (χ3v) is 6.56. The fraction of sp³-hybridized carbons (Fsp3) is 0.259. The molecule has 4 rings (SSSR count). The van der Waals surface area contributed by atoms with E-state index < -0.39 is 94.3 Å². The van der Waals surface area contributed by atoms with E-state index in [4.69, 9.17) is 14.2 Å². The SMILES string of the molecule is COc1cc(O)c(C(=O)c2ccc(O)cc2)c(O)c1[C@@H]1O[C@H](CO)[C@@H](O)[C@@H](O)[C@H]1OC(=O)c1cc(O)c(O)c(O)c1. The first-order chi connectivity index (χ1) is 19.4. The average Bonchev–Trinajstić information content (AvgIpc) is 2.94. The van der Waals surface area contributed by atoms with Crippen LogP contribution in [0.3, 0.4) is 0 Å². The number of carbonyl (C=O) groups is 2. The number of methoxy groups -OCH3 is 1. The van der Waals surface area contributed by atoms with Crippen LogP contribution in [0.5, 0.6) is 40.2 Å². The van der Waals surface area contributed by atoms with Crippen LogP contribution in [0.4, 0.5) is 0 Å². The van der Waals surface area contributed by atoms with Crippen molar-refractivity contribution in [2.45, 2.75) is 30.5 Å². The number of phenols is 6. The van der Waals surface area contributed by atoms with Crippen molar-refractivity contribution in [1.82, 2.24) is 0 Å². The topological polar surface area (TPSA) is 244 Å². The lowest BCUT2D eigenvalue weighted by Gasteiger charge is -2.42. The van der Waals surface area contributed by atoms with Crippen molar-refractivity contribution in [3.8, 4) is 40.2 Å². The highest BCUT2D eigenvalue weighted by atomic mass is 16.6. The molecule has 0 bridgehead atoms. The number of rotatable bonds is 7. The Balaban J connectivity index is 1.84. The number of hydrogen-bond acceptors (Lipinski definition) is 14. The summed E-state index contributed by atoms with van der Waals surface area (Å²) in [6.07, 6.45) is -8.89. The minimum Gasteiger partial charge on any atom is -0.508 e. The van der Waals surface area contributed by atoms with Gasteiger partial charge in [0.25, 0.3) is 0 Å². The zero-order valence-corrected chi connectivity index (χ0v) is 21.2. The molecule has 0 unspecified atom stereocenters. The lowest BCUT2D eigenvalue weighted by molar-refractivity contribution is -0.232. The molecule has 5 atom stereocenters. The van der Waals surface area contributed by atoms with Gasteiger partial charge in [0.2, 0.25) is 5.78 Å². The van der Waals surface area contributed by atoms with Gasteiger partial charge in [-0.05, 0) is 36.4 Å². The summed E-state index contributed by atoms with van der Waals surface area (Å²) >= 11 is 0. The van der Waals surface area contributed by atoms with Crippen molar-refractivity contribution < 1.29 is 69.8 Å². The molecule has 1 aliphatic rings. The van der Waals surface area contributed by atoms with Crippen LogP contribution in [0, 0.1) is 0 Å². The lowest BCUT2D eigenvalue weighted by Crippen LogP contribution is -2.56. The fourth-order valence-electron chi connectivity index (χ4n) is 4.44. The van der Waals surface area contributed by atoms with Crippen molar-refractivity contribution in [2.24, 2.45) is 0 Å². The van der Waals surface area contributed by atoms with Crippen LogP contribution in [0.25, 0.3) is 0 Å². The van der Waals surface area contributed by atoms with Gasteiger partial charge in [-0.2, -0.15) is 0 Å². The third-order valence-electron chi connectivity index (χ3n) is 6.56.